The SMILES string of the molecule is CCn1c(-c2cccnc2C(C)C)c2c3cc(ccc31)-c1csc(n1)C[C@H](NC(=O)[C@H](C1CCCC1)N(C)C(=O)[C@H]1CN(C(=O)[C@@H]3N[C@@H]3C3CC3)C[C@H]1C)C(=O)N1CCC[C@H](N1)C(=O)OCC(C)(C)C2. The van der Waals surface area contributed by atoms with Crippen molar-refractivity contribution in [1.82, 2.24) is 45.4 Å². The number of likely N-dealkylation sites (tertiary alicyclic amines) is 1. The lowest BCUT2D eigenvalue weighted by molar-refractivity contribution is -0.155. The van der Waals surface area contributed by atoms with Gasteiger partial charge in [0.05, 0.1) is 34.6 Å². The fraction of sp³-hybridized carbons (Fsp3) is 0.611. The Bertz CT molecular complexity index is 2670. The molecular weight excluding hydrogens is 903 g/mol. The molecule has 0 radical (unpaired) electrons. The summed E-state index contributed by atoms with van der Waals surface area (Å²) < 4.78 is 8.54. The molecule has 15 nitrogen and oxygen atoms in total. The number of thiazole rings is 1. The minimum Gasteiger partial charge on any atom is -0.464 e. The monoisotopic (exact) mass is 974 g/mol. The molecule has 16 heteroatoms. The smallest absolute Gasteiger partial charge is 0.324 e. The van der Waals surface area contributed by atoms with Crippen LogP contribution in [0.4, 0.5) is 0 Å². The maximum absolute atomic E-state index is 15.0. The van der Waals surface area contributed by atoms with Crippen LogP contribution in [0.3, 0.4) is 0 Å². The van der Waals surface area contributed by atoms with Gasteiger partial charge in [-0.2, -0.15) is 0 Å². The number of pyridine rings is 1. The van der Waals surface area contributed by atoms with Crippen molar-refractivity contribution >= 4 is 51.8 Å². The quantitative estimate of drug-likeness (QED) is 0.118. The van der Waals surface area contributed by atoms with E-state index < -0.39 is 35.4 Å². The topological polar surface area (TPSA) is 181 Å². The van der Waals surface area contributed by atoms with Gasteiger partial charge in [-0.25, -0.2) is 10.4 Å². The number of nitrogens with one attached hydrogen (secondary N) is 3. The van der Waals surface area contributed by atoms with Crippen LogP contribution in [0.2, 0.25) is 0 Å². The third kappa shape index (κ3) is 9.51. The van der Waals surface area contributed by atoms with Gasteiger partial charge in [-0.05, 0) is 105 Å². The minimum atomic E-state index is -1.05. The van der Waals surface area contributed by atoms with Gasteiger partial charge >= 0.3 is 5.97 Å². The summed E-state index contributed by atoms with van der Waals surface area (Å²) >= 11 is 1.45. The Hall–Kier alpha value is -5.19. The van der Waals surface area contributed by atoms with Gasteiger partial charge in [-0.15, -0.1) is 11.3 Å². The molecule has 6 aliphatic rings. The Morgan fingerprint density at radius 3 is 2.57 bits per heavy atom. The maximum atomic E-state index is 15.0. The highest BCUT2D eigenvalue weighted by Gasteiger charge is 2.54. The maximum Gasteiger partial charge on any atom is 0.324 e. The Labute approximate surface area is 415 Å². The molecule has 4 amide bonds. The lowest BCUT2D eigenvalue weighted by Gasteiger charge is -2.37. The number of ether oxygens (including phenoxy) is 1. The van der Waals surface area contributed by atoms with Crippen LogP contribution in [-0.2, 0) is 48.1 Å². The molecule has 3 aromatic heterocycles. The molecule has 3 N–H and O–H groups in total. The molecule has 7 heterocycles. The lowest BCUT2D eigenvalue weighted by atomic mass is 9.84. The Kier molecular flexibility index (Phi) is 13.4. The van der Waals surface area contributed by atoms with Crippen molar-refractivity contribution in [2.24, 2.45) is 29.1 Å². The molecule has 0 spiro atoms. The van der Waals surface area contributed by atoms with Crippen LogP contribution in [0, 0.1) is 29.1 Å². The van der Waals surface area contributed by atoms with Crippen molar-refractivity contribution in [3.63, 3.8) is 0 Å². The molecule has 2 aliphatic carbocycles. The number of rotatable bonds is 10. The number of carbonyl (C=O) groups is 5. The summed E-state index contributed by atoms with van der Waals surface area (Å²) in [5.41, 5.74) is 9.93. The summed E-state index contributed by atoms with van der Waals surface area (Å²) in [4.78, 5) is 85.5. The van der Waals surface area contributed by atoms with E-state index in [-0.39, 0.29) is 66.5 Å². The van der Waals surface area contributed by atoms with E-state index in [1.165, 1.54) is 16.3 Å². The van der Waals surface area contributed by atoms with E-state index in [9.17, 15) is 24.0 Å². The molecule has 4 aromatic rings. The predicted octanol–water partition coefficient (Wildman–Crippen LogP) is 6.48. The zero-order valence-electron chi connectivity index (χ0n) is 42.0. The molecule has 4 aliphatic heterocycles. The predicted molar refractivity (Wildman–Crippen MR) is 269 cm³/mol. The summed E-state index contributed by atoms with van der Waals surface area (Å²) in [6, 6.07) is 8.13. The summed E-state index contributed by atoms with van der Waals surface area (Å²) in [7, 11) is 1.72. The molecule has 374 valence electrons. The third-order valence-corrected chi connectivity index (χ3v) is 17.0. The minimum absolute atomic E-state index is 0.0672. The van der Waals surface area contributed by atoms with Crippen LogP contribution in [0.15, 0.2) is 41.9 Å². The molecule has 5 fully saturated rings. The van der Waals surface area contributed by atoms with Gasteiger partial charge in [-0.1, -0.05) is 53.5 Å². The van der Waals surface area contributed by atoms with Gasteiger partial charge < -0.3 is 24.4 Å². The summed E-state index contributed by atoms with van der Waals surface area (Å²) in [6.45, 7) is 14.9. The first kappa shape index (κ1) is 48.4. The summed E-state index contributed by atoms with van der Waals surface area (Å²) in [5, 5.41) is 11.8. The van der Waals surface area contributed by atoms with E-state index in [1.807, 2.05) is 29.5 Å². The van der Waals surface area contributed by atoms with E-state index in [2.05, 4.69) is 79.5 Å². The Morgan fingerprint density at radius 2 is 1.83 bits per heavy atom. The van der Waals surface area contributed by atoms with Crippen LogP contribution in [0.1, 0.15) is 115 Å². The number of cyclic esters (lactones) is 1. The fourth-order valence-electron chi connectivity index (χ4n) is 12.1. The number of likely N-dealkylation sites (N-methyl/N-ethyl adjacent to an activating group) is 1. The summed E-state index contributed by atoms with van der Waals surface area (Å²) in [5.74, 6) is -1.09. The van der Waals surface area contributed by atoms with E-state index >= 15 is 0 Å². The van der Waals surface area contributed by atoms with Crippen molar-refractivity contribution in [2.45, 2.75) is 148 Å². The number of aromatic nitrogens is 3. The first-order chi connectivity index (χ1) is 33.6. The molecule has 6 bridgehead atoms. The molecule has 1 aromatic carbocycles. The second kappa shape index (κ2) is 19.4. The van der Waals surface area contributed by atoms with Crippen LogP contribution < -0.4 is 16.1 Å². The van der Waals surface area contributed by atoms with Crippen LogP contribution >= 0.6 is 11.3 Å². The number of hydrogen-bond donors (Lipinski definition) is 3. The molecule has 3 saturated heterocycles. The number of nitrogens with zero attached hydrogens (tertiary/aromatic N) is 6. The number of hydrogen-bond acceptors (Lipinski definition) is 11. The molecule has 70 heavy (non-hydrogen) atoms. The Morgan fingerprint density at radius 1 is 1.04 bits per heavy atom. The number of hydrazine groups is 1. The zero-order chi connectivity index (χ0) is 49.2. The number of amides is 4. The van der Waals surface area contributed by atoms with E-state index in [4.69, 9.17) is 14.7 Å². The third-order valence-electron chi connectivity index (χ3n) is 16.1. The van der Waals surface area contributed by atoms with Gasteiger partial charge in [-0.3, -0.25) is 39.3 Å². The molecule has 2 saturated carbocycles. The number of carbonyl (C=O) groups excluding carboxylic acids is 5. The second-order valence-electron chi connectivity index (χ2n) is 22.3. The number of aryl methyl sites for hydroxylation is 1. The normalized spacial score (nSPS) is 26.6. The highest BCUT2D eigenvalue weighted by Crippen LogP contribution is 2.43. The number of benzene rings is 1. The summed E-state index contributed by atoms with van der Waals surface area (Å²) in [6.07, 6.45) is 9.45. The highest BCUT2D eigenvalue weighted by molar-refractivity contribution is 7.10. The van der Waals surface area contributed by atoms with E-state index in [1.54, 1.807) is 11.9 Å². The van der Waals surface area contributed by atoms with Crippen LogP contribution in [0.5, 0.6) is 0 Å². The van der Waals surface area contributed by atoms with Gasteiger partial charge in [0.25, 0.3) is 5.91 Å². The van der Waals surface area contributed by atoms with Crippen LogP contribution in [-0.4, -0.2) is 122 Å². The first-order valence-electron chi connectivity index (χ1n) is 26.0. The van der Waals surface area contributed by atoms with Crippen molar-refractivity contribution in [3.8, 4) is 22.5 Å². The first-order valence-corrected chi connectivity index (χ1v) is 26.9. The number of esters is 1. The van der Waals surface area contributed by atoms with Gasteiger partial charge in [0.15, 0.2) is 0 Å². The molecule has 7 atom stereocenters. The Balaban J connectivity index is 0.969. The molecule has 0 unspecified atom stereocenters. The molecule has 10 rings (SSSR count). The van der Waals surface area contributed by atoms with Gasteiger partial charge in [0, 0.05) is 84.7 Å². The standard InChI is InChI=1S/C54H71N9O6S/c1-8-62-42-20-19-34-23-36(42)37(48(62)35-15-11-21-55-44(35)30(2)3)25-54(5,6)29-69-53(68)39-16-12-22-63(59-39)51(66)40(24-43-56-41(34)28-70-43)57-49(64)47(33-13-9-10-14-33)60(7)50(65)38-27-61(26-31(38)4)52(67)46-45(58-46)32-17-18-32/h11,15,19-21,23,28,30-33,38-40,45-47,58-59H,8-10,12-14,16-18,22,24-27,29H2,1-7H3,(H,57,64)/t31-,38+,39+,40+,45-,46-,47+/m1/s1. The second-order valence-corrected chi connectivity index (χ2v) is 23.3. The largest absolute Gasteiger partial charge is 0.464 e. The zero-order valence-corrected chi connectivity index (χ0v) is 42.8. The fourth-order valence-corrected chi connectivity index (χ4v) is 13.0. The molecular formula is C54H71N9O6S. The van der Waals surface area contributed by atoms with E-state index in [0.717, 1.165) is 89.7 Å². The van der Waals surface area contributed by atoms with Gasteiger partial charge in [0.1, 0.15) is 24.2 Å². The van der Waals surface area contributed by atoms with Crippen molar-refractivity contribution in [3.05, 3.63) is 58.2 Å². The van der Waals surface area contributed by atoms with Crippen LogP contribution in [0.25, 0.3) is 33.4 Å². The van der Waals surface area contributed by atoms with E-state index in [0.29, 0.717) is 49.8 Å². The van der Waals surface area contributed by atoms with Crippen molar-refractivity contribution < 1.29 is 28.7 Å². The van der Waals surface area contributed by atoms with Gasteiger partial charge in [0.2, 0.25) is 17.7 Å². The number of fused-ring (bicyclic) bond motifs is 6. The average Bonchev–Trinajstić information content (AvgIpc) is 4.14. The lowest BCUT2D eigenvalue weighted by Crippen LogP contribution is -2.62. The van der Waals surface area contributed by atoms with Crippen molar-refractivity contribution in [1.29, 1.82) is 0 Å². The average molecular weight is 974 g/mol. The van der Waals surface area contributed by atoms with Crippen molar-refractivity contribution in [2.75, 3.05) is 33.3 Å². The highest BCUT2D eigenvalue weighted by atomic mass is 32.1.